The van der Waals surface area contributed by atoms with Gasteiger partial charge in [0, 0.05) is 42.7 Å². The van der Waals surface area contributed by atoms with Crippen molar-refractivity contribution in [1.82, 2.24) is 0 Å². The molecule has 0 saturated heterocycles. The van der Waals surface area contributed by atoms with Crippen molar-refractivity contribution in [3.05, 3.63) is 119 Å². The summed E-state index contributed by atoms with van der Waals surface area (Å²) in [5.41, 5.74) is 0.279. The number of rotatable bonds is 8. The predicted octanol–water partition coefficient (Wildman–Crippen LogP) is 5.78. The van der Waals surface area contributed by atoms with Crippen LogP contribution in [0.1, 0.15) is 22.3 Å². The lowest BCUT2D eigenvalue weighted by Gasteiger charge is -2.37. The molecule has 0 aliphatic rings. The first-order chi connectivity index (χ1) is 18.8. The van der Waals surface area contributed by atoms with Gasteiger partial charge in [-0.2, -0.15) is 0 Å². The van der Waals surface area contributed by atoms with Gasteiger partial charge in [0.1, 0.15) is 0 Å². The highest BCUT2D eigenvalue weighted by Gasteiger charge is 2.39. The maximum atomic E-state index is 12.0. The van der Waals surface area contributed by atoms with Gasteiger partial charge in [-0.15, -0.1) is 0 Å². The monoisotopic (exact) mass is 712 g/mol. The maximum Gasteiger partial charge on any atom is 0.261 e. The Balaban J connectivity index is 2.15. The molecule has 0 atom stereocenters. The van der Waals surface area contributed by atoms with Crippen molar-refractivity contribution in [2.45, 2.75) is 25.0 Å². The van der Waals surface area contributed by atoms with Crippen LogP contribution in [0.2, 0.25) is 0 Å². The van der Waals surface area contributed by atoms with Crippen molar-refractivity contribution in [3.63, 3.8) is 0 Å². The van der Waals surface area contributed by atoms with Crippen molar-refractivity contribution >= 4 is 78.9 Å². The molecule has 8 nitrogen and oxygen atoms in total. The standard InChI is InChI=1S/C25H16Cl4O8S4/c26-38(30,31)21-9-1-17(2-10-21)25(18-3-11-22(12-4-18)39(27,32)33,19-5-13-23(14-6-19)40(28,34)35)20-7-15-24(16-8-20)41(29,36)37/h1-16H. The molecule has 0 heterocycles. The van der Waals surface area contributed by atoms with Gasteiger partial charge in [-0.25, -0.2) is 33.7 Å². The highest BCUT2D eigenvalue weighted by molar-refractivity contribution is 8.14. The molecule has 4 rings (SSSR count). The third-order valence-electron chi connectivity index (χ3n) is 6.28. The highest BCUT2D eigenvalue weighted by atomic mass is 35.7. The van der Waals surface area contributed by atoms with Gasteiger partial charge < -0.3 is 0 Å². The van der Waals surface area contributed by atoms with Crippen molar-refractivity contribution in [3.8, 4) is 0 Å². The summed E-state index contributed by atoms with van der Waals surface area (Å²) in [6.45, 7) is 0. The van der Waals surface area contributed by atoms with E-state index in [1.54, 1.807) is 0 Å². The van der Waals surface area contributed by atoms with E-state index in [0.717, 1.165) is 0 Å². The molecule has 0 saturated carbocycles. The molecule has 0 unspecified atom stereocenters. The van der Waals surface area contributed by atoms with Crippen molar-refractivity contribution in [2.24, 2.45) is 0 Å². The quantitative estimate of drug-likeness (QED) is 0.166. The molecule has 4 aromatic carbocycles. The Hall–Kier alpha value is -2.16. The number of hydrogen-bond acceptors (Lipinski definition) is 8. The Kier molecular flexibility index (Phi) is 8.65. The minimum Gasteiger partial charge on any atom is -0.207 e. The minimum absolute atomic E-state index is 0.201. The van der Waals surface area contributed by atoms with Crippen LogP contribution in [0.4, 0.5) is 0 Å². The summed E-state index contributed by atoms with van der Waals surface area (Å²) in [6.07, 6.45) is 0. The van der Waals surface area contributed by atoms with Crippen LogP contribution in [0.3, 0.4) is 0 Å². The van der Waals surface area contributed by atoms with Crippen LogP contribution in [0, 0.1) is 0 Å². The molecule has 4 aromatic rings. The lowest BCUT2D eigenvalue weighted by atomic mass is 9.65. The molecular formula is C25H16Cl4O8S4. The van der Waals surface area contributed by atoms with Crippen molar-refractivity contribution in [1.29, 1.82) is 0 Å². The molecule has 16 heteroatoms. The molecular weight excluding hydrogens is 698 g/mol. The normalized spacial score (nSPS) is 13.2. The second kappa shape index (κ2) is 11.2. The topological polar surface area (TPSA) is 137 Å². The van der Waals surface area contributed by atoms with Crippen LogP contribution >= 0.6 is 42.7 Å². The molecule has 0 N–H and O–H groups in total. The maximum absolute atomic E-state index is 12.0. The molecule has 216 valence electrons. The molecule has 0 aromatic heterocycles. The zero-order valence-electron chi connectivity index (χ0n) is 20.1. The largest absolute Gasteiger partial charge is 0.261 e. The average molecular weight is 714 g/mol. The van der Waals surface area contributed by atoms with Gasteiger partial charge in [-0.05, 0) is 70.8 Å². The van der Waals surface area contributed by atoms with E-state index in [0.29, 0.717) is 22.3 Å². The Morgan fingerprint density at radius 2 is 0.463 bits per heavy atom. The van der Waals surface area contributed by atoms with Crippen LogP contribution in [0.15, 0.2) is 117 Å². The van der Waals surface area contributed by atoms with E-state index in [-0.39, 0.29) is 19.6 Å². The van der Waals surface area contributed by atoms with Crippen molar-refractivity contribution < 1.29 is 33.7 Å². The fourth-order valence-electron chi connectivity index (χ4n) is 4.47. The second-order valence-corrected chi connectivity index (χ2v) is 18.9. The van der Waals surface area contributed by atoms with Crippen molar-refractivity contribution in [2.75, 3.05) is 0 Å². The van der Waals surface area contributed by atoms with Crippen LogP contribution < -0.4 is 0 Å². The van der Waals surface area contributed by atoms with Gasteiger partial charge in [0.25, 0.3) is 36.2 Å². The molecule has 0 spiro atoms. The first-order valence-corrected chi connectivity index (χ1v) is 20.3. The van der Waals surface area contributed by atoms with E-state index in [2.05, 4.69) is 0 Å². The Bertz CT molecular complexity index is 1740. The molecule has 0 aliphatic carbocycles. The first-order valence-electron chi connectivity index (χ1n) is 11.1. The van der Waals surface area contributed by atoms with E-state index in [4.69, 9.17) is 42.7 Å². The number of hydrogen-bond donors (Lipinski definition) is 0. The summed E-state index contributed by atoms with van der Waals surface area (Å²) in [7, 11) is 5.70. The summed E-state index contributed by atoms with van der Waals surface area (Å²) in [6, 6.07) is 21.9. The van der Waals surface area contributed by atoms with Crippen LogP contribution in [0.25, 0.3) is 0 Å². The number of benzene rings is 4. The van der Waals surface area contributed by atoms with Crippen LogP contribution in [-0.2, 0) is 41.6 Å². The molecule has 41 heavy (non-hydrogen) atoms. The lowest BCUT2D eigenvalue weighted by molar-refractivity contribution is 0.608. The highest BCUT2D eigenvalue weighted by Crippen LogP contribution is 2.46. The van der Waals surface area contributed by atoms with Crippen LogP contribution in [0.5, 0.6) is 0 Å². The van der Waals surface area contributed by atoms with Gasteiger partial charge in [0.2, 0.25) is 0 Å². The Labute approximate surface area is 255 Å². The second-order valence-electron chi connectivity index (χ2n) is 8.60. The van der Waals surface area contributed by atoms with Gasteiger partial charge in [-0.1, -0.05) is 48.5 Å². The molecule has 0 radical (unpaired) electrons. The Morgan fingerprint density at radius 1 is 0.317 bits per heavy atom. The van der Waals surface area contributed by atoms with Gasteiger partial charge in [0.05, 0.1) is 25.0 Å². The first kappa shape index (κ1) is 31.8. The van der Waals surface area contributed by atoms with E-state index in [1.165, 1.54) is 97.1 Å². The summed E-state index contributed by atoms with van der Waals surface area (Å²) in [5.74, 6) is 0. The van der Waals surface area contributed by atoms with Crippen LogP contribution in [-0.4, -0.2) is 33.7 Å². The van der Waals surface area contributed by atoms with E-state index in [9.17, 15) is 33.7 Å². The zero-order valence-corrected chi connectivity index (χ0v) is 26.4. The zero-order chi connectivity index (χ0) is 30.4. The van der Waals surface area contributed by atoms with E-state index < -0.39 is 41.6 Å². The minimum atomic E-state index is -4.10. The third-order valence-corrected chi connectivity index (χ3v) is 11.8. The summed E-state index contributed by atoms with van der Waals surface area (Å²) < 4.78 is 95.6. The predicted molar refractivity (Wildman–Crippen MR) is 157 cm³/mol. The summed E-state index contributed by atoms with van der Waals surface area (Å²) in [4.78, 5) is -0.805. The number of halogens is 4. The molecule has 0 fully saturated rings. The van der Waals surface area contributed by atoms with Gasteiger partial charge in [0.15, 0.2) is 0 Å². The van der Waals surface area contributed by atoms with Gasteiger partial charge in [-0.3, -0.25) is 0 Å². The molecule has 0 amide bonds. The van der Waals surface area contributed by atoms with Gasteiger partial charge >= 0.3 is 0 Å². The van der Waals surface area contributed by atoms with E-state index in [1.807, 2.05) is 0 Å². The lowest BCUT2D eigenvalue weighted by Crippen LogP contribution is -2.31. The fourth-order valence-corrected chi connectivity index (χ4v) is 7.55. The molecule has 0 aliphatic heterocycles. The third kappa shape index (κ3) is 6.60. The van der Waals surface area contributed by atoms with E-state index >= 15 is 0 Å². The molecule has 0 bridgehead atoms. The fraction of sp³-hybridized carbons (Fsp3) is 0.0400. The average Bonchev–Trinajstić information content (AvgIpc) is 2.88. The SMILES string of the molecule is O=S(=O)(Cl)c1ccc(C(c2ccc(S(=O)(=O)Cl)cc2)(c2ccc(S(=O)(=O)Cl)cc2)c2ccc(S(=O)(=O)Cl)cc2)cc1. The smallest absolute Gasteiger partial charge is 0.207 e. The summed E-state index contributed by atoms with van der Waals surface area (Å²) in [5, 5.41) is 0. The Morgan fingerprint density at radius 3 is 0.585 bits per heavy atom. The summed E-state index contributed by atoms with van der Waals surface area (Å²) >= 11 is 0.